The molecule has 3 rings (SSSR count). The third-order valence-corrected chi connectivity index (χ3v) is 5.71. The fourth-order valence-electron chi connectivity index (χ4n) is 2.85. The van der Waals surface area contributed by atoms with Crippen LogP contribution in [-0.2, 0) is 16.4 Å². The molecule has 3 aromatic carbocycles. The number of halogens is 1. The van der Waals surface area contributed by atoms with Crippen LogP contribution >= 0.6 is 0 Å². The van der Waals surface area contributed by atoms with Crippen LogP contribution < -0.4 is 14.8 Å². The summed E-state index contributed by atoms with van der Waals surface area (Å²) in [6.07, 6.45) is 0.455. The molecule has 0 heterocycles. The van der Waals surface area contributed by atoms with Crippen LogP contribution in [0.4, 0.5) is 10.1 Å². The lowest BCUT2D eigenvalue weighted by Crippen LogP contribution is -2.26. The number of nitrogens with one attached hydrogen (secondary N) is 2. The minimum Gasteiger partial charge on any atom is -0.495 e. The fraction of sp³-hybridized carbons (Fsp3) is 0.136. The Hall–Kier alpha value is -3.39. The Balaban J connectivity index is 1.69. The molecule has 30 heavy (non-hydrogen) atoms. The number of hydrogen-bond donors (Lipinski definition) is 2. The average molecular weight is 428 g/mol. The number of benzene rings is 3. The molecule has 0 aliphatic carbocycles. The number of sulfonamides is 1. The highest BCUT2D eigenvalue weighted by molar-refractivity contribution is 7.92. The van der Waals surface area contributed by atoms with Gasteiger partial charge in [-0.1, -0.05) is 30.3 Å². The largest absolute Gasteiger partial charge is 0.495 e. The lowest BCUT2D eigenvalue weighted by atomic mass is 10.1. The van der Waals surface area contributed by atoms with Gasteiger partial charge in [0.25, 0.3) is 15.9 Å². The number of para-hydroxylation sites is 2. The molecule has 0 aliphatic heterocycles. The molecule has 156 valence electrons. The summed E-state index contributed by atoms with van der Waals surface area (Å²) in [7, 11) is -2.48. The Labute approximate surface area is 174 Å². The zero-order valence-electron chi connectivity index (χ0n) is 16.3. The fourth-order valence-corrected chi connectivity index (χ4v) is 3.97. The summed E-state index contributed by atoms with van der Waals surface area (Å²) in [5.41, 5.74) is 1.26. The first-order valence-corrected chi connectivity index (χ1v) is 10.7. The van der Waals surface area contributed by atoms with Gasteiger partial charge in [-0.05, 0) is 54.4 Å². The van der Waals surface area contributed by atoms with Crippen LogP contribution in [0.3, 0.4) is 0 Å². The molecule has 0 aromatic heterocycles. The van der Waals surface area contributed by atoms with Crippen LogP contribution in [0.5, 0.6) is 5.75 Å². The van der Waals surface area contributed by atoms with Crippen molar-refractivity contribution in [3.8, 4) is 5.75 Å². The molecule has 0 fully saturated rings. The average Bonchev–Trinajstić information content (AvgIpc) is 2.74. The van der Waals surface area contributed by atoms with E-state index in [-0.39, 0.29) is 16.3 Å². The highest BCUT2D eigenvalue weighted by Crippen LogP contribution is 2.26. The summed E-state index contributed by atoms with van der Waals surface area (Å²) in [5.74, 6) is -0.368. The van der Waals surface area contributed by atoms with Gasteiger partial charge in [0.05, 0.1) is 17.7 Å². The standard InChI is InChI=1S/C22H21FN2O4S/c1-29-21-11-3-2-10-20(21)25-30(27,28)19-9-5-7-17(15-19)22(26)24-13-12-16-6-4-8-18(23)14-16/h2-11,14-15,25H,12-13H2,1H3,(H,24,26). The van der Waals surface area contributed by atoms with Crippen LogP contribution in [0.1, 0.15) is 15.9 Å². The van der Waals surface area contributed by atoms with Gasteiger partial charge in [0, 0.05) is 12.1 Å². The molecule has 0 spiro atoms. The summed E-state index contributed by atoms with van der Waals surface area (Å²) in [6, 6.07) is 18.5. The van der Waals surface area contributed by atoms with E-state index in [1.54, 1.807) is 36.4 Å². The molecular formula is C22H21FN2O4S. The summed E-state index contributed by atoms with van der Waals surface area (Å²) in [4.78, 5) is 12.4. The van der Waals surface area contributed by atoms with Crippen molar-refractivity contribution in [3.63, 3.8) is 0 Å². The SMILES string of the molecule is COc1ccccc1NS(=O)(=O)c1cccc(C(=O)NCCc2cccc(F)c2)c1. The van der Waals surface area contributed by atoms with Crippen molar-refractivity contribution in [3.05, 3.63) is 89.7 Å². The van der Waals surface area contributed by atoms with Gasteiger partial charge in [-0.2, -0.15) is 0 Å². The smallest absolute Gasteiger partial charge is 0.262 e. The van der Waals surface area contributed by atoms with Crippen molar-refractivity contribution in [2.45, 2.75) is 11.3 Å². The summed E-state index contributed by atoms with van der Waals surface area (Å²) in [6.45, 7) is 0.290. The molecule has 0 atom stereocenters. The normalized spacial score (nSPS) is 11.0. The minimum absolute atomic E-state index is 0.0498. The Morgan fingerprint density at radius 3 is 2.53 bits per heavy atom. The van der Waals surface area contributed by atoms with Gasteiger partial charge >= 0.3 is 0 Å². The van der Waals surface area contributed by atoms with Gasteiger partial charge < -0.3 is 10.1 Å². The monoisotopic (exact) mass is 428 g/mol. The summed E-state index contributed by atoms with van der Waals surface area (Å²) in [5, 5.41) is 2.72. The van der Waals surface area contributed by atoms with E-state index in [4.69, 9.17) is 4.74 Å². The maximum Gasteiger partial charge on any atom is 0.262 e. The van der Waals surface area contributed by atoms with Crippen molar-refractivity contribution in [2.75, 3.05) is 18.4 Å². The second-order valence-corrected chi connectivity index (χ2v) is 8.15. The first-order chi connectivity index (χ1) is 14.4. The number of amides is 1. The summed E-state index contributed by atoms with van der Waals surface area (Å²) >= 11 is 0. The number of hydrogen-bond acceptors (Lipinski definition) is 4. The molecule has 0 bridgehead atoms. The van der Waals surface area contributed by atoms with Crippen molar-refractivity contribution >= 4 is 21.6 Å². The van der Waals surface area contributed by atoms with Gasteiger partial charge in [-0.25, -0.2) is 12.8 Å². The molecule has 0 saturated heterocycles. The highest BCUT2D eigenvalue weighted by atomic mass is 32.2. The maximum absolute atomic E-state index is 13.2. The lowest BCUT2D eigenvalue weighted by molar-refractivity contribution is 0.0954. The van der Waals surface area contributed by atoms with E-state index >= 15 is 0 Å². The van der Waals surface area contributed by atoms with Crippen LogP contribution in [0, 0.1) is 5.82 Å². The van der Waals surface area contributed by atoms with Crippen molar-refractivity contribution in [1.29, 1.82) is 0 Å². The molecule has 0 radical (unpaired) electrons. The van der Waals surface area contributed by atoms with Gasteiger partial charge in [0.1, 0.15) is 11.6 Å². The summed E-state index contributed by atoms with van der Waals surface area (Å²) < 4.78 is 46.3. The Morgan fingerprint density at radius 2 is 1.77 bits per heavy atom. The van der Waals surface area contributed by atoms with E-state index in [0.29, 0.717) is 24.4 Å². The predicted octanol–water partition coefficient (Wildman–Crippen LogP) is 3.61. The quantitative estimate of drug-likeness (QED) is 0.574. The van der Waals surface area contributed by atoms with E-state index in [1.807, 2.05) is 0 Å². The maximum atomic E-state index is 13.2. The number of rotatable bonds is 8. The Bertz CT molecular complexity index is 1150. The van der Waals surface area contributed by atoms with E-state index in [9.17, 15) is 17.6 Å². The molecule has 1 amide bonds. The third kappa shape index (κ3) is 5.36. The van der Waals surface area contributed by atoms with Crippen molar-refractivity contribution in [2.24, 2.45) is 0 Å². The van der Waals surface area contributed by atoms with Crippen LogP contribution in [0.2, 0.25) is 0 Å². The molecule has 6 nitrogen and oxygen atoms in total. The van der Waals surface area contributed by atoms with Crippen LogP contribution in [0.15, 0.2) is 77.7 Å². The zero-order chi connectivity index (χ0) is 21.6. The molecule has 3 aromatic rings. The van der Waals surface area contributed by atoms with E-state index in [2.05, 4.69) is 10.0 Å². The van der Waals surface area contributed by atoms with Crippen molar-refractivity contribution < 1.29 is 22.3 Å². The second kappa shape index (κ2) is 9.41. The van der Waals surface area contributed by atoms with E-state index in [1.165, 1.54) is 43.5 Å². The molecule has 0 unspecified atom stereocenters. The minimum atomic E-state index is -3.92. The molecular weight excluding hydrogens is 407 g/mol. The van der Waals surface area contributed by atoms with Gasteiger partial charge in [0.15, 0.2) is 0 Å². The Morgan fingerprint density at radius 1 is 1.00 bits per heavy atom. The van der Waals surface area contributed by atoms with Gasteiger partial charge in [-0.3, -0.25) is 9.52 Å². The van der Waals surface area contributed by atoms with E-state index < -0.39 is 15.9 Å². The predicted molar refractivity (Wildman–Crippen MR) is 113 cm³/mol. The number of anilines is 1. The molecule has 2 N–H and O–H groups in total. The zero-order valence-corrected chi connectivity index (χ0v) is 17.1. The first kappa shape index (κ1) is 21.3. The molecule has 0 aliphatic rings. The number of methoxy groups -OCH3 is 1. The third-order valence-electron chi connectivity index (χ3n) is 4.35. The van der Waals surface area contributed by atoms with Crippen molar-refractivity contribution in [1.82, 2.24) is 5.32 Å². The number of ether oxygens (including phenoxy) is 1. The van der Waals surface area contributed by atoms with Crippen LogP contribution in [0.25, 0.3) is 0 Å². The lowest BCUT2D eigenvalue weighted by Gasteiger charge is -2.12. The number of carbonyl (C=O) groups excluding carboxylic acids is 1. The molecule has 8 heteroatoms. The second-order valence-electron chi connectivity index (χ2n) is 6.47. The number of carbonyl (C=O) groups is 1. The first-order valence-electron chi connectivity index (χ1n) is 9.17. The van der Waals surface area contributed by atoms with Crippen LogP contribution in [-0.4, -0.2) is 28.0 Å². The topological polar surface area (TPSA) is 84.5 Å². The van der Waals surface area contributed by atoms with E-state index in [0.717, 1.165) is 5.56 Å². The van der Waals surface area contributed by atoms with Gasteiger partial charge in [0.2, 0.25) is 0 Å². The molecule has 0 saturated carbocycles. The van der Waals surface area contributed by atoms with Gasteiger partial charge in [-0.15, -0.1) is 0 Å². The Kier molecular flexibility index (Phi) is 6.68. The highest BCUT2D eigenvalue weighted by Gasteiger charge is 2.18.